The van der Waals surface area contributed by atoms with Crippen LogP contribution in [0.25, 0.3) is 0 Å². The molecule has 0 spiro atoms. The summed E-state index contributed by atoms with van der Waals surface area (Å²) in [6.45, 7) is 4.49. The fourth-order valence-corrected chi connectivity index (χ4v) is 1.72. The summed E-state index contributed by atoms with van der Waals surface area (Å²) >= 11 is 0. The van der Waals surface area contributed by atoms with Gasteiger partial charge in [-0.1, -0.05) is 6.92 Å². The lowest BCUT2D eigenvalue weighted by Crippen LogP contribution is -2.49. The fraction of sp³-hybridized carbons (Fsp3) is 0.800. The average molecular weight is 214 g/mol. The first kappa shape index (κ1) is 12.0. The Hall–Kier alpha value is -1.10. The molecule has 2 N–H and O–H groups in total. The molecular weight excluding hydrogens is 196 g/mol. The summed E-state index contributed by atoms with van der Waals surface area (Å²) in [5, 5.41) is 5.73. The van der Waals surface area contributed by atoms with Crippen molar-refractivity contribution in [3.8, 4) is 0 Å². The van der Waals surface area contributed by atoms with Gasteiger partial charge in [0.15, 0.2) is 0 Å². The summed E-state index contributed by atoms with van der Waals surface area (Å²) in [6.07, 6.45) is 0.991. The first-order valence-electron chi connectivity index (χ1n) is 5.18. The van der Waals surface area contributed by atoms with Crippen molar-refractivity contribution < 1.29 is 14.3 Å². The zero-order chi connectivity index (χ0) is 11.4. The summed E-state index contributed by atoms with van der Waals surface area (Å²) < 4.78 is 4.53. The van der Waals surface area contributed by atoms with Crippen LogP contribution in [0.2, 0.25) is 0 Å². The van der Waals surface area contributed by atoms with Gasteiger partial charge in [-0.25, -0.2) is 4.79 Å². The second-order valence-corrected chi connectivity index (χ2v) is 3.95. The highest BCUT2D eigenvalue weighted by Gasteiger charge is 2.30. The van der Waals surface area contributed by atoms with Crippen LogP contribution in [-0.4, -0.2) is 37.6 Å². The summed E-state index contributed by atoms with van der Waals surface area (Å²) in [5.74, 6) is -0.234. The van der Waals surface area contributed by atoms with E-state index in [1.54, 1.807) is 6.92 Å². The van der Waals surface area contributed by atoms with Crippen LogP contribution < -0.4 is 10.6 Å². The molecule has 0 bridgehead atoms. The third-order valence-electron chi connectivity index (χ3n) is 2.73. The van der Waals surface area contributed by atoms with Gasteiger partial charge in [0.1, 0.15) is 6.04 Å². The van der Waals surface area contributed by atoms with Crippen LogP contribution >= 0.6 is 0 Å². The minimum atomic E-state index is -0.586. The Morgan fingerprint density at radius 1 is 1.53 bits per heavy atom. The van der Waals surface area contributed by atoms with Crippen molar-refractivity contribution in [3.05, 3.63) is 0 Å². The molecule has 1 amide bonds. The molecule has 0 aromatic carbocycles. The molecule has 15 heavy (non-hydrogen) atoms. The first-order chi connectivity index (χ1) is 7.06. The summed E-state index contributed by atoms with van der Waals surface area (Å²) in [4.78, 5) is 22.8. The van der Waals surface area contributed by atoms with Crippen LogP contribution in [0.3, 0.4) is 0 Å². The third kappa shape index (κ3) is 2.92. The number of amides is 1. The molecule has 1 aliphatic heterocycles. The quantitative estimate of drug-likeness (QED) is 0.631. The van der Waals surface area contributed by atoms with Crippen LogP contribution in [0.15, 0.2) is 0 Å². The van der Waals surface area contributed by atoms with Crippen molar-refractivity contribution in [2.24, 2.45) is 5.92 Å². The molecule has 0 radical (unpaired) electrons. The molecule has 0 saturated carbocycles. The number of nitrogens with one attached hydrogen (secondary N) is 2. The molecule has 1 rings (SSSR count). The Bertz CT molecular complexity index is 255. The molecule has 0 aromatic heterocycles. The van der Waals surface area contributed by atoms with Crippen LogP contribution in [0.5, 0.6) is 0 Å². The molecule has 1 heterocycles. The molecule has 3 unspecified atom stereocenters. The molecule has 0 aromatic rings. The van der Waals surface area contributed by atoms with Gasteiger partial charge >= 0.3 is 5.97 Å². The predicted octanol–water partition coefficient (Wildman–Crippen LogP) is -0.338. The number of hydrogen-bond donors (Lipinski definition) is 2. The molecule has 5 heteroatoms. The lowest BCUT2D eigenvalue weighted by Gasteiger charge is -2.18. The Labute approximate surface area is 89.6 Å². The van der Waals surface area contributed by atoms with Gasteiger partial charge in [-0.3, -0.25) is 4.79 Å². The van der Waals surface area contributed by atoms with E-state index >= 15 is 0 Å². The second kappa shape index (κ2) is 5.11. The van der Waals surface area contributed by atoms with Crippen molar-refractivity contribution in [1.29, 1.82) is 0 Å². The Morgan fingerprint density at radius 3 is 2.67 bits per heavy atom. The molecule has 0 aliphatic carbocycles. The summed E-state index contributed by atoms with van der Waals surface area (Å²) in [6, 6.07) is -0.769. The maximum absolute atomic E-state index is 11.7. The van der Waals surface area contributed by atoms with E-state index in [9.17, 15) is 9.59 Å². The molecular formula is C10H18N2O3. The lowest BCUT2D eigenvalue weighted by atomic mass is 10.0. The number of ether oxygens (including phenoxy) is 1. The number of esters is 1. The van der Waals surface area contributed by atoms with Crippen LogP contribution in [0, 0.1) is 5.92 Å². The largest absolute Gasteiger partial charge is 0.467 e. The number of carbonyl (C=O) groups excluding carboxylic acids is 2. The van der Waals surface area contributed by atoms with Gasteiger partial charge in [-0.05, 0) is 25.8 Å². The van der Waals surface area contributed by atoms with E-state index < -0.39 is 12.0 Å². The van der Waals surface area contributed by atoms with E-state index in [1.165, 1.54) is 7.11 Å². The smallest absolute Gasteiger partial charge is 0.328 e. The van der Waals surface area contributed by atoms with E-state index in [0.29, 0.717) is 5.92 Å². The van der Waals surface area contributed by atoms with Crippen molar-refractivity contribution in [2.75, 3.05) is 13.7 Å². The van der Waals surface area contributed by atoms with Crippen molar-refractivity contribution in [2.45, 2.75) is 32.4 Å². The third-order valence-corrected chi connectivity index (χ3v) is 2.73. The molecule has 1 aliphatic rings. The second-order valence-electron chi connectivity index (χ2n) is 3.95. The van der Waals surface area contributed by atoms with Gasteiger partial charge in [0.25, 0.3) is 0 Å². The monoisotopic (exact) mass is 214 g/mol. The van der Waals surface area contributed by atoms with Crippen molar-refractivity contribution in [1.82, 2.24) is 10.6 Å². The first-order valence-corrected chi connectivity index (χ1v) is 5.18. The highest BCUT2D eigenvalue weighted by molar-refractivity contribution is 5.87. The van der Waals surface area contributed by atoms with E-state index in [2.05, 4.69) is 15.4 Å². The number of methoxy groups -OCH3 is 1. The van der Waals surface area contributed by atoms with E-state index in [1.807, 2.05) is 6.92 Å². The topological polar surface area (TPSA) is 67.4 Å². The Balaban J connectivity index is 2.44. The minimum absolute atomic E-state index is 0.127. The Kier molecular flexibility index (Phi) is 4.08. The highest BCUT2D eigenvalue weighted by Crippen LogP contribution is 2.14. The average Bonchev–Trinajstić information content (AvgIpc) is 2.63. The number of hydrogen-bond acceptors (Lipinski definition) is 4. The van der Waals surface area contributed by atoms with Gasteiger partial charge in [-0.15, -0.1) is 0 Å². The van der Waals surface area contributed by atoms with E-state index in [4.69, 9.17) is 0 Å². The van der Waals surface area contributed by atoms with Gasteiger partial charge in [-0.2, -0.15) is 0 Å². The highest BCUT2D eigenvalue weighted by atomic mass is 16.5. The maximum Gasteiger partial charge on any atom is 0.328 e. The molecule has 5 nitrogen and oxygen atoms in total. The molecule has 1 saturated heterocycles. The predicted molar refractivity (Wildman–Crippen MR) is 55.2 cm³/mol. The zero-order valence-corrected chi connectivity index (χ0v) is 9.37. The fourth-order valence-electron chi connectivity index (χ4n) is 1.72. The standard InChI is InChI=1S/C10H18N2O3/c1-6-4-5-11-8(6)9(13)12-7(2)10(14)15-3/h6-8,11H,4-5H2,1-3H3,(H,12,13). The normalized spacial score (nSPS) is 27.1. The Morgan fingerprint density at radius 2 is 2.20 bits per heavy atom. The van der Waals surface area contributed by atoms with Gasteiger partial charge in [0.2, 0.25) is 5.91 Å². The van der Waals surface area contributed by atoms with Crippen LogP contribution in [0.4, 0.5) is 0 Å². The van der Waals surface area contributed by atoms with E-state index in [0.717, 1.165) is 13.0 Å². The molecule has 86 valence electrons. The van der Waals surface area contributed by atoms with Gasteiger partial charge in [0.05, 0.1) is 13.2 Å². The summed E-state index contributed by atoms with van der Waals surface area (Å²) in [5.41, 5.74) is 0. The number of carbonyl (C=O) groups is 2. The maximum atomic E-state index is 11.7. The SMILES string of the molecule is COC(=O)C(C)NC(=O)C1NCCC1C. The van der Waals surface area contributed by atoms with Crippen LogP contribution in [0.1, 0.15) is 20.3 Å². The molecule has 3 atom stereocenters. The van der Waals surface area contributed by atoms with E-state index in [-0.39, 0.29) is 11.9 Å². The lowest BCUT2D eigenvalue weighted by molar-refractivity contribution is -0.144. The van der Waals surface area contributed by atoms with Crippen LogP contribution in [-0.2, 0) is 14.3 Å². The summed E-state index contributed by atoms with van der Waals surface area (Å²) in [7, 11) is 1.31. The van der Waals surface area contributed by atoms with Gasteiger partial charge in [0, 0.05) is 0 Å². The van der Waals surface area contributed by atoms with Gasteiger partial charge < -0.3 is 15.4 Å². The minimum Gasteiger partial charge on any atom is -0.467 e. The van der Waals surface area contributed by atoms with Crippen molar-refractivity contribution in [3.63, 3.8) is 0 Å². The molecule has 1 fully saturated rings. The van der Waals surface area contributed by atoms with Crippen molar-refractivity contribution >= 4 is 11.9 Å². The zero-order valence-electron chi connectivity index (χ0n) is 9.37. The number of rotatable bonds is 3.